The van der Waals surface area contributed by atoms with Crippen molar-refractivity contribution in [3.63, 3.8) is 0 Å². The van der Waals surface area contributed by atoms with Gasteiger partial charge in [0.25, 0.3) is 5.91 Å². The fourth-order valence-electron chi connectivity index (χ4n) is 3.58. The van der Waals surface area contributed by atoms with Gasteiger partial charge >= 0.3 is 5.63 Å². The van der Waals surface area contributed by atoms with E-state index >= 15 is 0 Å². The van der Waals surface area contributed by atoms with Crippen molar-refractivity contribution in [1.82, 2.24) is 14.7 Å². The van der Waals surface area contributed by atoms with Crippen LogP contribution in [-0.2, 0) is 24.8 Å². The number of rotatable bonds is 7. The van der Waals surface area contributed by atoms with Crippen molar-refractivity contribution in [1.29, 1.82) is 0 Å². The number of carbonyl (C=O) groups excluding carboxylic acids is 1. The predicted molar refractivity (Wildman–Crippen MR) is 116 cm³/mol. The molecule has 160 valence electrons. The molecule has 2 heterocycles. The van der Waals surface area contributed by atoms with Crippen LogP contribution in [0.3, 0.4) is 0 Å². The third-order valence-corrected chi connectivity index (χ3v) is 5.08. The summed E-state index contributed by atoms with van der Waals surface area (Å²) in [7, 11) is 1.85. The molecule has 0 bridgehead atoms. The summed E-state index contributed by atoms with van der Waals surface area (Å²) >= 11 is 0. The van der Waals surface area contributed by atoms with Crippen LogP contribution < -0.4 is 10.4 Å². The van der Waals surface area contributed by atoms with Gasteiger partial charge in [-0.15, -0.1) is 0 Å². The number of amides is 1. The van der Waals surface area contributed by atoms with E-state index in [9.17, 15) is 9.59 Å². The van der Waals surface area contributed by atoms with Gasteiger partial charge in [-0.05, 0) is 57.4 Å². The van der Waals surface area contributed by atoms with Gasteiger partial charge in [0, 0.05) is 37.5 Å². The Labute approximate surface area is 176 Å². The van der Waals surface area contributed by atoms with Crippen molar-refractivity contribution in [3.8, 4) is 5.75 Å². The van der Waals surface area contributed by atoms with Gasteiger partial charge in [0.05, 0.1) is 11.6 Å². The summed E-state index contributed by atoms with van der Waals surface area (Å²) in [6.07, 6.45) is 3.61. The van der Waals surface area contributed by atoms with Crippen molar-refractivity contribution >= 4 is 16.9 Å². The van der Waals surface area contributed by atoms with Crippen LogP contribution in [0.5, 0.6) is 5.75 Å². The highest BCUT2D eigenvalue weighted by Crippen LogP contribution is 2.31. The molecule has 0 fully saturated rings. The molecule has 2 aromatic heterocycles. The van der Waals surface area contributed by atoms with E-state index in [1.807, 2.05) is 53.1 Å². The van der Waals surface area contributed by atoms with E-state index in [1.165, 1.54) is 6.07 Å². The molecule has 1 amide bonds. The molecule has 0 N–H and O–H groups in total. The van der Waals surface area contributed by atoms with Crippen molar-refractivity contribution in [2.75, 3.05) is 0 Å². The van der Waals surface area contributed by atoms with Gasteiger partial charge < -0.3 is 14.1 Å². The van der Waals surface area contributed by atoms with E-state index in [0.29, 0.717) is 24.3 Å². The Morgan fingerprint density at radius 3 is 2.60 bits per heavy atom. The maximum absolute atomic E-state index is 13.2. The molecule has 0 spiro atoms. The summed E-state index contributed by atoms with van der Waals surface area (Å²) in [4.78, 5) is 26.9. The monoisotopic (exact) mass is 411 g/mol. The zero-order chi connectivity index (χ0) is 22.0. The number of benzene rings is 1. The smallest absolute Gasteiger partial charge is 0.336 e. The summed E-state index contributed by atoms with van der Waals surface area (Å²) in [6, 6.07) is 5.19. The number of fused-ring (bicyclic) bond motifs is 1. The van der Waals surface area contributed by atoms with Crippen LogP contribution in [0.25, 0.3) is 11.0 Å². The highest BCUT2D eigenvalue weighted by molar-refractivity contribution is 5.88. The van der Waals surface area contributed by atoms with Crippen LogP contribution in [0.4, 0.5) is 0 Å². The molecule has 0 aliphatic heterocycles. The second-order valence-corrected chi connectivity index (χ2v) is 7.92. The standard InChI is InChI=1S/C23H29N3O4/c1-7-18-10-21(27)30-20-9-15(4)8-19(22(18)20)29-16(5)23(28)26(14(2)3)13-17-11-24-25(6)12-17/h8-12,14,16H,7,13H2,1-6H3. The van der Waals surface area contributed by atoms with Crippen LogP contribution >= 0.6 is 0 Å². The second kappa shape index (κ2) is 8.73. The van der Waals surface area contributed by atoms with E-state index in [-0.39, 0.29) is 17.6 Å². The Bertz CT molecular complexity index is 1110. The Morgan fingerprint density at radius 2 is 2.00 bits per heavy atom. The summed E-state index contributed by atoms with van der Waals surface area (Å²) in [5.41, 5.74) is 2.78. The lowest BCUT2D eigenvalue weighted by molar-refractivity contribution is -0.140. The molecule has 0 aliphatic carbocycles. The van der Waals surface area contributed by atoms with Gasteiger partial charge in [-0.2, -0.15) is 5.10 Å². The van der Waals surface area contributed by atoms with Crippen LogP contribution in [0.15, 0.2) is 39.8 Å². The van der Waals surface area contributed by atoms with E-state index in [1.54, 1.807) is 22.7 Å². The molecule has 30 heavy (non-hydrogen) atoms. The Morgan fingerprint density at radius 1 is 1.27 bits per heavy atom. The molecule has 7 heteroatoms. The Hall–Kier alpha value is -3.09. The van der Waals surface area contributed by atoms with Gasteiger partial charge in [0.1, 0.15) is 11.3 Å². The number of hydrogen-bond donors (Lipinski definition) is 0. The number of hydrogen-bond acceptors (Lipinski definition) is 5. The van der Waals surface area contributed by atoms with Crippen LogP contribution in [0.2, 0.25) is 0 Å². The number of ether oxygens (including phenoxy) is 1. The number of aromatic nitrogens is 2. The quantitative estimate of drug-likeness (QED) is 0.555. The molecule has 7 nitrogen and oxygen atoms in total. The van der Waals surface area contributed by atoms with E-state index in [2.05, 4.69) is 5.10 Å². The van der Waals surface area contributed by atoms with Crippen LogP contribution in [-0.4, -0.2) is 32.7 Å². The zero-order valence-electron chi connectivity index (χ0n) is 18.4. The number of carbonyl (C=O) groups is 1. The van der Waals surface area contributed by atoms with Gasteiger partial charge in [0.15, 0.2) is 6.10 Å². The molecule has 0 saturated carbocycles. The summed E-state index contributed by atoms with van der Waals surface area (Å²) in [5.74, 6) is 0.440. The fourth-order valence-corrected chi connectivity index (χ4v) is 3.58. The minimum absolute atomic E-state index is 0.00207. The van der Waals surface area contributed by atoms with Gasteiger partial charge in [0.2, 0.25) is 0 Å². The second-order valence-electron chi connectivity index (χ2n) is 7.92. The topological polar surface area (TPSA) is 77.6 Å². The van der Waals surface area contributed by atoms with Crippen molar-refractivity contribution in [3.05, 3.63) is 57.7 Å². The third-order valence-electron chi connectivity index (χ3n) is 5.08. The molecular formula is C23H29N3O4. The average molecular weight is 412 g/mol. The molecule has 1 unspecified atom stereocenters. The van der Waals surface area contributed by atoms with Gasteiger partial charge in [-0.1, -0.05) is 6.92 Å². The number of aryl methyl sites for hydroxylation is 3. The maximum Gasteiger partial charge on any atom is 0.336 e. The first-order valence-corrected chi connectivity index (χ1v) is 10.2. The summed E-state index contributed by atoms with van der Waals surface area (Å²) in [6.45, 7) is 10.0. The summed E-state index contributed by atoms with van der Waals surface area (Å²) in [5, 5.41) is 4.92. The first-order chi connectivity index (χ1) is 14.2. The lowest BCUT2D eigenvalue weighted by Gasteiger charge is -2.29. The normalized spacial score (nSPS) is 12.4. The third kappa shape index (κ3) is 4.56. The molecule has 3 rings (SSSR count). The number of nitrogens with zero attached hydrogens (tertiary/aromatic N) is 3. The van der Waals surface area contributed by atoms with Gasteiger partial charge in [-0.25, -0.2) is 4.79 Å². The highest BCUT2D eigenvalue weighted by atomic mass is 16.5. The van der Waals surface area contributed by atoms with Gasteiger partial charge in [-0.3, -0.25) is 9.48 Å². The average Bonchev–Trinajstić information content (AvgIpc) is 3.08. The molecule has 1 atom stereocenters. The molecule has 1 aromatic carbocycles. The molecule has 0 aliphatic rings. The Balaban J connectivity index is 1.92. The molecule has 3 aromatic rings. The lowest BCUT2D eigenvalue weighted by Crippen LogP contribution is -2.43. The first kappa shape index (κ1) is 21.6. The van der Waals surface area contributed by atoms with E-state index < -0.39 is 6.10 Å². The molecule has 0 radical (unpaired) electrons. The SMILES string of the molecule is CCc1cc(=O)oc2cc(C)cc(OC(C)C(=O)N(Cc3cnn(C)c3)C(C)C)c12. The molecule has 0 saturated heterocycles. The first-order valence-electron chi connectivity index (χ1n) is 10.2. The molecular weight excluding hydrogens is 382 g/mol. The van der Waals surface area contributed by atoms with Crippen molar-refractivity contribution in [2.24, 2.45) is 7.05 Å². The van der Waals surface area contributed by atoms with E-state index in [0.717, 1.165) is 22.1 Å². The largest absolute Gasteiger partial charge is 0.480 e. The lowest BCUT2D eigenvalue weighted by atomic mass is 10.0. The van der Waals surface area contributed by atoms with E-state index in [4.69, 9.17) is 9.15 Å². The highest BCUT2D eigenvalue weighted by Gasteiger charge is 2.26. The van der Waals surface area contributed by atoms with Crippen molar-refractivity contribution < 1.29 is 13.9 Å². The van der Waals surface area contributed by atoms with Crippen LogP contribution in [0, 0.1) is 6.92 Å². The minimum Gasteiger partial charge on any atom is -0.480 e. The Kier molecular flexibility index (Phi) is 6.29. The zero-order valence-corrected chi connectivity index (χ0v) is 18.4. The summed E-state index contributed by atoms with van der Waals surface area (Å²) < 4.78 is 13.3. The fraction of sp³-hybridized carbons (Fsp3) is 0.435. The van der Waals surface area contributed by atoms with Crippen molar-refractivity contribution in [2.45, 2.75) is 59.7 Å². The maximum atomic E-state index is 13.2. The predicted octanol–water partition coefficient (Wildman–Crippen LogP) is 3.60. The minimum atomic E-state index is -0.703. The van der Waals surface area contributed by atoms with Crippen LogP contribution in [0.1, 0.15) is 44.4 Å².